The molecule has 1 fully saturated rings. The zero-order valence-electron chi connectivity index (χ0n) is 17.1. The van der Waals surface area contributed by atoms with Gasteiger partial charge in [-0.1, -0.05) is 11.8 Å². The molecule has 0 atom stereocenters. The Labute approximate surface area is 175 Å². The Balaban J connectivity index is 1.61. The van der Waals surface area contributed by atoms with Crippen LogP contribution in [0.3, 0.4) is 0 Å². The van der Waals surface area contributed by atoms with E-state index >= 15 is 0 Å². The summed E-state index contributed by atoms with van der Waals surface area (Å²) in [6.45, 7) is 1.47. The molecule has 0 spiro atoms. The van der Waals surface area contributed by atoms with Crippen LogP contribution in [0, 0.1) is 11.8 Å². The molecular formula is C22H23N3O5. The Kier molecular flexibility index (Phi) is 6.65. The van der Waals surface area contributed by atoms with Crippen LogP contribution in [0.15, 0.2) is 36.4 Å². The lowest BCUT2D eigenvalue weighted by molar-refractivity contribution is 0.0958. The van der Waals surface area contributed by atoms with Crippen LogP contribution in [0.5, 0.6) is 17.2 Å². The van der Waals surface area contributed by atoms with E-state index < -0.39 is 0 Å². The molecule has 1 heterocycles. The molecule has 3 rings (SSSR count). The lowest BCUT2D eigenvalue weighted by Crippen LogP contribution is -2.27. The van der Waals surface area contributed by atoms with Gasteiger partial charge in [-0.15, -0.1) is 0 Å². The first-order valence-corrected chi connectivity index (χ1v) is 9.30. The molecule has 156 valence electrons. The van der Waals surface area contributed by atoms with Gasteiger partial charge in [-0.25, -0.2) is 4.79 Å². The van der Waals surface area contributed by atoms with Crippen LogP contribution in [0.4, 0.5) is 10.5 Å². The number of carbonyl (C=O) groups excluding carboxylic acids is 2. The summed E-state index contributed by atoms with van der Waals surface area (Å²) in [5.74, 6) is 6.83. The van der Waals surface area contributed by atoms with Gasteiger partial charge in [0.05, 0.1) is 27.9 Å². The third-order valence-electron chi connectivity index (χ3n) is 4.53. The molecule has 1 saturated heterocycles. The first-order chi connectivity index (χ1) is 14.6. The number of hydrogen-bond acceptors (Lipinski definition) is 5. The quantitative estimate of drug-likeness (QED) is 0.713. The minimum absolute atomic E-state index is 0.0941. The normalized spacial score (nSPS) is 12.5. The zero-order valence-corrected chi connectivity index (χ0v) is 17.1. The average molecular weight is 409 g/mol. The Bertz CT molecular complexity index is 967. The topological polar surface area (TPSA) is 89.1 Å². The fourth-order valence-corrected chi connectivity index (χ4v) is 3.03. The van der Waals surface area contributed by atoms with Crippen LogP contribution in [0.2, 0.25) is 0 Å². The Morgan fingerprint density at radius 2 is 1.77 bits per heavy atom. The summed E-state index contributed by atoms with van der Waals surface area (Å²) >= 11 is 0. The van der Waals surface area contributed by atoms with E-state index in [4.69, 9.17) is 14.2 Å². The summed E-state index contributed by atoms with van der Waals surface area (Å²) in [4.78, 5) is 25.8. The number of benzene rings is 2. The second kappa shape index (κ2) is 9.56. The van der Waals surface area contributed by atoms with Gasteiger partial charge in [0, 0.05) is 29.9 Å². The monoisotopic (exact) mass is 409 g/mol. The van der Waals surface area contributed by atoms with E-state index in [0.29, 0.717) is 35.9 Å². The lowest BCUT2D eigenvalue weighted by Gasteiger charge is -2.13. The van der Waals surface area contributed by atoms with Gasteiger partial charge in [-0.05, 0) is 36.4 Å². The number of carbonyl (C=O) groups is 2. The van der Waals surface area contributed by atoms with E-state index in [0.717, 1.165) is 11.3 Å². The minimum atomic E-state index is -0.307. The van der Waals surface area contributed by atoms with Gasteiger partial charge in [0.2, 0.25) is 5.75 Å². The van der Waals surface area contributed by atoms with Crippen LogP contribution < -0.4 is 29.7 Å². The van der Waals surface area contributed by atoms with Gasteiger partial charge < -0.3 is 24.8 Å². The van der Waals surface area contributed by atoms with Crippen molar-refractivity contribution in [3.8, 4) is 29.1 Å². The van der Waals surface area contributed by atoms with Crippen LogP contribution in [-0.4, -0.2) is 52.9 Å². The smallest absolute Gasteiger partial charge is 0.321 e. The lowest BCUT2D eigenvalue weighted by atomic mass is 10.1. The largest absolute Gasteiger partial charge is 0.493 e. The Hall–Kier alpha value is -3.86. The van der Waals surface area contributed by atoms with Crippen molar-refractivity contribution in [3.05, 3.63) is 47.5 Å². The molecule has 2 aromatic carbocycles. The van der Waals surface area contributed by atoms with E-state index in [1.807, 2.05) is 24.3 Å². The fourth-order valence-electron chi connectivity index (χ4n) is 3.03. The third kappa shape index (κ3) is 4.58. The standard InChI is InChI=1S/C22H23N3O5/c1-28-18-13-16(14-19(29-2)20(18)30-3)21(26)23-10-4-5-15-6-8-17(9-7-15)25-12-11-24-22(25)27/h6-9,13-14H,10-12H2,1-3H3,(H,23,26)(H,24,27). The van der Waals surface area contributed by atoms with Crippen LogP contribution in [-0.2, 0) is 0 Å². The number of nitrogens with one attached hydrogen (secondary N) is 2. The van der Waals surface area contributed by atoms with Crippen molar-refractivity contribution in [1.82, 2.24) is 10.6 Å². The Morgan fingerprint density at radius 1 is 1.10 bits per heavy atom. The first-order valence-electron chi connectivity index (χ1n) is 9.30. The number of urea groups is 1. The summed E-state index contributed by atoms with van der Waals surface area (Å²) < 4.78 is 15.8. The van der Waals surface area contributed by atoms with Crippen LogP contribution in [0.1, 0.15) is 15.9 Å². The molecular weight excluding hydrogens is 386 g/mol. The molecule has 30 heavy (non-hydrogen) atoms. The summed E-state index contributed by atoms with van der Waals surface area (Å²) in [5, 5.41) is 5.51. The summed E-state index contributed by atoms with van der Waals surface area (Å²) in [7, 11) is 4.49. The van der Waals surface area contributed by atoms with Gasteiger partial charge in [-0.2, -0.15) is 0 Å². The zero-order chi connectivity index (χ0) is 21.5. The third-order valence-corrected chi connectivity index (χ3v) is 4.53. The maximum absolute atomic E-state index is 12.4. The molecule has 0 aromatic heterocycles. The van der Waals surface area contributed by atoms with E-state index in [9.17, 15) is 9.59 Å². The van der Waals surface area contributed by atoms with Crippen molar-refractivity contribution < 1.29 is 23.8 Å². The summed E-state index contributed by atoms with van der Waals surface area (Å²) in [6.07, 6.45) is 0. The van der Waals surface area contributed by atoms with Gasteiger partial charge >= 0.3 is 6.03 Å². The van der Waals surface area contributed by atoms with E-state index in [-0.39, 0.29) is 18.5 Å². The molecule has 2 N–H and O–H groups in total. The predicted molar refractivity (Wildman–Crippen MR) is 112 cm³/mol. The van der Waals surface area contributed by atoms with Gasteiger partial charge in [0.15, 0.2) is 11.5 Å². The molecule has 3 amide bonds. The number of rotatable bonds is 6. The molecule has 1 aliphatic heterocycles. The molecule has 2 aromatic rings. The number of nitrogens with zero attached hydrogens (tertiary/aromatic N) is 1. The van der Waals surface area contributed by atoms with Crippen molar-refractivity contribution in [3.63, 3.8) is 0 Å². The van der Waals surface area contributed by atoms with Gasteiger partial charge in [0.1, 0.15) is 0 Å². The number of ether oxygens (including phenoxy) is 3. The maximum Gasteiger partial charge on any atom is 0.321 e. The second-order valence-electron chi connectivity index (χ2n) is 6.33. The number of hydrogen-bond donors (Lipinski definition) is 2. The van der Waals surface area contributed by atoms with Crippen molar-refractivity contribution in [2.45, 2.75) is 0 Å². The van der Waals surface area contributed by atoms with Crippen LogP contribution >= 0.6 is 0 Å². The van der Waals surface area contributed by atoms with E-state index in [1.165, 1.54) is 21.3 Å². The highest BCUT2D eigenvalue weighted by atomic mass is 16.5. The number of amides is 3. The van der Waals surface area contributed by atoms with Gasteiger partial charge in [0.25, 0.3) is 5.91 Å². The Morgan fingerprint density at radius 3 is 2.30 bits per heavy atom. The van der Waals surface area contributed by atoms with Crippen molar-refractivity contribution in [2.75, 3.05) is 45.9 Å². The number of anilines is 1. The van der Waals surface area contributed by atoms with E-state index in [1.54, 1.807) is 17.0 Å². The van der Waals surface area contributed by atoms with Crippen LogP contribution in [0.25, 0.3) is 0 Å². The number of methoxy groups -OCH3 is 3. The molecule has 0 saturated carbocycles. The highest BCUT2D eigenvalue weighted by Gasteiger charge is 2.20. The maximum atomic E-state index is 12.4. The van der Waals surface area contributed by atoms with E-state index in [2.05, 4.69) is 22.5 Å². The van der Waals surface area contributed by atoms with Crippen molar-refractivity contribution in [2.24, 2.45) is 0 Å². The predicted octanol–water partition coefficient (Wildman–Crippen LogP) is 2.02. The summed E-state index contributed by atoms with van der Waals surface area (Å²) in [5.41, 5.74) is 1.99. The second-order valence-corrected chi connectivity index (χ2v) is 6.33. The van der Waals surface area contributed by atoms with Crippen molar-refractivity contribution in [1.29, 1.82) is 0 Å². The summed E-state index contributed by atoms with van der Waals surface area (Å²) in [6, 6.07) is 10.5. The molecule has 1 aliphatic rings. The van der Waals surface area contributed by atoms with Crippen molar-refractivity contribution >= 4 is 17.6 Å². The highest BCUT2D eigenvalue weighted by Crippen LogP contribution is 2.38. The minimum Gasteiger partial charge on any atom is -0.493 e. The SMILES string of the molecule is COc1cc(C(=O)NCC#Cc2ccc(N3CCNC3=O)cc2)cc(OC)c1OC. The average Bonchev–Trinajstić information content (AvgIpc) is 3.21. The molecule has 8 nitrogen and oxygen atoms in total. The first kappa shape index (κ1) is 20.9. The highest BCUT2D eigenvalue weighted by molar-refractivity contribution is 5.96. The molecule has 8 heteroatoms. The molecule has 0 bridgehead atoms. The molecule has 0 unspecified atom stereocenters. The fraction of sp³-hybridized carbons (Fsp3) is 0.273. The molecule has 0 aliphatic carbocycles. The van der Waals surface area contributed by atoms with Gasteiger partial charge in [-0.3, -0.25) is 9.69 Å². The molecule has 0 radical (unpaired) electrons.